The van der Waals surface area contributed by atoms with E-state index in [-0.39, 0.29) is 5.69 Å². The van der Waals surface area contributed by atoms with Crippen molar-refractivity contribution in [3.05, 3.63) is 34.0 Å². The van der Waals surface area contributed by atoms with E-state index in [9.17, 15) is 18.9 Å². The minimum atomic E-state index is -2.51. The van der Waals surface area contributed by atoms with Crippen molar-refractivity contribution in [1.29, 1.82) is 0 Å². The van der Waals surface area contributed by atoms with Crippen LogP contribution in [0.3, 0.4) is 0 Å². The standard InChI is InChI=1S/C10H9F2N3O2/c1-6-8-4-7(15(16)17)2-3-9(8)14(13-6)5-10(11)12/h2-4,10H,5H2,1H3. The quantitative estimate of drug-likeness (QED) is 0.612. The molecule has 0 radical (unpaired) electrons. The molecule has 1 aromatic heterocycles. The van der Waals surface area contributed by atoms with Gasteiger partial charge in [-0.2, -0.15) is 5.10 Å². The van der Waals surface area contributed by atoms with E-state index in [0.717, 1.165) is 0 Å². The molecular weight excluding hydrogens is 232 g/mol. The van der Waals surface area contributed by atoms with Gasteiger partial charge in [0.25, 0.3) is 12.1 Å². The molecule has 0 fully saturated rings. The Bertz CT molecular complexity index is 580. The lowest BCUT2D eigenvalue weighted by atomic mass is 10.2. The number of nitro groups is 1. The number of hydrogen-bond donors (Lipinski definition) is 0. The van der Waals surface area contributed by atoms with Crippen LogP contribution in [0.1, 0.15) is 5.69 Å². The predicted molar refractivity (Wildman–Crippen MR) is 57.1 cm³/mol. The molecule has 0 aliphatic rings. The Morgan fingerprint density at radius 2 is 2.24 bits per heavy atom. The number of aromatic nitrogens is 2. The number of non-ortho nitro benzene ring substituents is 1. The molecule has 0 spiro atoms. The van der Waals surface area contributed by atoms with Crippen LogP contribution >= 0.6 is 0 Å². The van der Waals surface area contributed by atoms with Crippen LogP contribution in [-0.2, 0) is 6.54 Å². The van der Waals surface area contributed by atoms with Gasteiger partial charge in [-0.05, 0) is 13.0 Å². The van der Waals surface area contributed by atoms with Crippen LogP contribution in [0.4, 0.5) is 14.5 Å². The van der Waals surface area contributed by atoms with E-state index < -0.39 is 17.9 Å². The monoisotopic (exact) mass is 241 g/mol. The molecule has 0 saturated heterocycles. The van der Waals surface area contributed by atoms with Crippen molar-refractivity contribution in [1.82, 2.24) is 9.78 Å². The topological polar surface area (TPSA) is 61.0 Å². The van der Waals surface area contributed by atoms with Crippen LogP contribution in [-0.4, -0.2) is 21.1 Å². The lowest BCUT2D eigenvalue weighted by Gasteiger charge is -2.01. The van der Waals surface area contributed by atoms with Gasteiger partial charge in [-0.3, -0.25) is 14.8 Å². The van der Waals surface area contributed by atoms with Crippen molar-refractivity contribution in [2.24, 2.45) is 0 Å². The zero-order valence-electron chi connectivity index (χ0n) is 8.93. The lowest BCUT2D eigenvalue weighted by Crippen LogP contribution is -2.07. The molecule has 2 aromatic rings. The highest BCUT2D eigenvalue weighted by atomic mass is 19.3. The highest BCUT2D eigenvalue weighted by molar-refractivity contribution is 5.84. The second-order valence-electron chi connectivity index (χ2n) is 3.62. The molecule has 0 bridgehead atoms. The summed E-state index contributed by atoms with van der Waals surface area (Å²) >= 11 is 0. The molecule has 90 valence electrons. The number of fused-ring (bicyclic) bond motifs is 1. The van der Waals surface area contributed by atoms with Crippen molar-refractivity contribution in [2.45, 2.75) is 19.9 Å². The Hall–Kier alpha value is -2.05. The van der Waals surface area contributed by atoms with Gasteiger partial charge in [-0.1, -0.05) is 0 Å². The number of rotatable bonds is 3. The normalized spacial score (nSPS) is 11.3. The molecule has 0 aliphatic carbocycles. The van der Waals surface area contributed by atoms with Crippen LogP contribution in [0, 0.1) is 17.0 Å². The maximum absolute atomic E-state index is 12.3. The van der Waals surface area contributed by atoms with Crippen molar-refractivity contribution in [3.63, 3.8) is 0 Å². The molecule has 0 saturated carbocycles. The first-order valence-electron chi connectivity index (χ1n) is 4.88. The fraction of sp³-hybridized carbons (Fsp3) is 0.300. The van der Waals surface area contributed by atoms with Crippen molar-refractivity contribution < 1.29 is 13.7 Å². The summed E-state index contributed by atoms with van der Waals surface area (Å²) in [6.07, 6.45) is -2.51. The molecule has 5 nitrogen and oxygen atoms in total. The maximum Gasteiger partial charge on any atom is 0.270 e. The summed E-state index contributed by atoms with van der Waals surface area (Å²) in [6, 6.07) is 4.07. The van der Waals surface area contributed by atoms with Gasteiger partial charge in [0.15, 0.2) is 0 Å². The van der Waals surface area contributed by atoms with Crippen molar-refractivity contribution in [3.8, 4) is 0 Å². The summed E-state index contributed by atoms with van der Waals surface area (Å²) in [4.78, 5) is 10.1. The Balaban J connectivity index is 2.57. The van der Waals surface area contributed by atoms with Crippen LogP contribution in [0.5, 0.6) is 0 Å². The minimum absolute atomic E-state index is 0.0720. The summed E-state index contributed by atoms with van der Waals surface area (Å²) in [6.45, 7) is 1.12. The van der Waals surface area contributed by atoms with Gasteiger partial charge in [0, 0.05) is 17.5 Å². The molecule has 1 heterocycles. The summed E-state index contributed by atoms with van der Waals surface area (Å²) in [5.41, 5.74) is 0.912. The molecule has 17 heavy (non-hydrogen) atoms. The highest BCUT2D eigenvalue weighted by Crippen LogP contribution is 2.24. The van der Waals surface area contributed by atoms with Crippen LogP contribution in [0.25, 0.3) is 10.9 Å². The first-order valence-corrected chi connectivity index (χ1v) is 4.88. The highest BCUT2D eigenvalue weighted by Gasteiger charge is 2.14. The smallest absolute Gasteiger partial charge is 0.259 e. The predicted octanol–water partition coefficient (Wildman–Crippen LogP) is 2.52. The fourth-order valence-electron chi connectivity index (χ4n) is 1.71. The molecule has 1 aromatic carbocycles. The van der Waals surface area contributed by atoms with E-state index in [1.54, 1.807) is 6.92 Å². The third kappa shape index (κ3) is 2.08. The van der Waals surface area contributed by atoms with E-state index in [1.165, 1.54) is 22.9 Å². The summed E-state index contributed by atoms with van der Waals surface area (Å²) in [7, 11) is 0. The van der Waals surface area contributed by atoms with E-state index in [0.29, 0.717) is 16.6 Å². The first-order chi connectivity index (χ1) is 7.99. The largest absolute Gasteiger partial charge is 0.270 e. The molecule has 0 amide bonds. The molecule has 0 unspecified atom stereocenters. The van der Waals surface area contributed by atoms with Gasteiger partial charge < -0.3 is 0 Å². The molecular formula is C10H9F2N3O2. The molecule has 2 rings (SSSR count). The van der Waals surface area contributed by atoms with Gasteiger partial charge >= 0.3 is 0 Å². The van der Waals surface area contributed by atoms with Gasteiger partial charge in [0.05, 0.1) is 16.1 Å². The number of aryl methyl sites for hydroxylation is 1. The zero-order valence-corrected chi connectivity index (χ0v) is 8.93. The van der Waals surface area contributed by atoms with E-state index in [4.69, 9.17) is 0 Å². The molecule has 7 heteroatoms. The summed E-state index contributed by atoms with van der Waals surface area (Å²) in [5, 5.41) is 15.1. The van der Waals surface area contributed by atoms with Gasteiger partial charge in [-0.25, -0.2) is 8.78 Å². The maximum atomic E-state index is 12.3. The number of nitrogens with zero attached hydrogens (tertiary/aromatic N) is 3. The zero-order chi connectivity index (χ0) is 12.6. The summed E-state index contributed by atoms with van der Waals surface area (Å²) in [5.74, 6) is 0. The van der Waals surface area contributed by atoms with Crippen LogP contribution in [0.15, 0.2) is 18.2 Å². The first kappa shape index (κ1) is 11.4. The third-order valence-corrected chi connectivity index (χ3v) is 2.44. The number of nitro benzene ring substituents is 1. The molecule has 0 aliphatic heterocycles. The third-order valence-electron chi connectivity index (χ3n) is 2.44. The van der Waals surface area contributed by atoms with Gasteiger partial charge in [0.1, 0.15) is 6.54 Å². The average Bonchev–Trinajstić information content (AvgIpc) is 2.54. The number of alkyl halides is 2. The molecule has 0 N–H and O–H groups in total. The number of halogens is 2. The van der Waals surface area contributed by atoms with E-state index in [2.05, 4.69) is 5.10 Å². The minimum Gasteiger partial charge on any atom is -0.259 e. The Morgan fingerprint density at radius 1 is 1.53 bits per heavy atom. The number of hydrogen-bond acceptors (Lipinski definition) is 3. The Kier molecular flexibility index (Phi) is 2.74. The fourth-order valence-corrected chi connectivity index (χ4v) is 1.71. The van der Waals surface area contributed by atoms with Crippen molar-refractivity contribution in [2.75, 3.05) is 0 Å². The molecule has 0 atom stereocenters. The SMILES string of the molecule is Cc1nn(CC(F)F)c2ccc([N+](=O)[O-])cc12. The second kappa shape index (κ2) is 4.08. The lowest BCUT2D eigenvalue weighted by molar-refractivity contribution is -0.384. The van der Waals surface area contributed by atoms with E-state index in [1.807, 2.05) is 0 Å². The van der Waals surface area contributed by atoms with Crippen LogP contribution < -0.4 is 0 Å². The van der Waals surface area contributed by atoms with Crippen LogP contribution in [0.2, 0.25) is 0 Å². The summed E-state index contributed by atoms with van der Waals surface area (Å²) < 4.78 is 25.8. The van der Waals surface area contributed by atoms with Gasteiger partial charge in [-0.15, -0.1) is 0 Å². The Morgan fingerprint density at radius 3 is 2.82 bits per heavy atom. The number of benzene rings is 1. The van der Waals surface area contributed by atoms with E-state index >= 15 is 0 Å². The average molecular weight is 241 g/mol. The Labute approximate surface area is 94.8 Å². The van der Waals surface area contributed by atoms with Crippen molar-refractivity contribution >= 4 is 16.6 Å². The van der Waals surface area contributed by atoms with Gasteiger partial charge in [0.2, 0.25) is 0 Å². The second-order valence-corrected chi connectivity index (χ2v) is 3.62.